The van der Waals surface area contributed by atoms with Crippen LogP contribution in [-0.4, -0.2) is 13.0 Å². The van der Waals surface area contributed by atoms with Gasteiger partial charge in [0, 0.05) is 5.56 Å². The molecule has 0 radical (unpaired) electrons. The first kappa shape index (κ1) is 20.0. The summed E-state index contributed by atoms with van der Waals surface area (Å²) in [5, 5.41) is 2.97. The number of amides is 1. The molecule has 3 N–H and O–H groups in total. The van der Waals surface area contributed by atoms with Gasteiger partial charge >= 0.3 is 0 Å². The molecule has 0 heterocycles. The largest absolute Gasteiger partial charge is 0.496 e. The molecule has 0 spiro atoms. The fraction of sp³-hybridized carbons (Fsp3) is 0.316. The molecule has 0 saturated heterocycles. The van der Waals surface area contributed by atoms with Crippen LogP contribution in [0.15, 0.2) is 42.5 Å². The summed E-state index contributed by atoms with van der Waals surface area (Å²) in [6.07, 6.45) is 0. The van der Waals surface area contributed by atoms with E-state index < -0.39 is 6.04 Å². The molecule has 1 amide bonds. The van der Waals surface area contributed by atoms with Gasteiger partial charge in [-0.3, -0.25) is 4.79 Å². The Bertz CT molecular complexity index is 686. The van der Waals surface area contributed by atoms with Crippen molar-refractivity contribution in [3.63, 3.8) is 0 Å². The summed E-state index contributed by atoms with van der Waals surface area (Å²) in [4.78, 5) is 12.4. The third kappa shape index (κ3) is 4.73. The van der Waals surface area contributed by atoms with Gasteiger partial charge in [-0.05, 0) is 32.4 Å². The number of hydrogen-bond donors (Lipinski definition) is 2. The summed E-state index contributed by atoms with van der Waals surface area (Å²) in [7, 11) is 1.63. The quantitative estimate of drug-likeness (QED) is 0.867. The van der Waals surface area contributed by atoms with Crippen LogP contribution < -0.4 is 15.8 Å². The van der Waals surface area contributed by atoms with Crippen molar-refractivity contribution in [1.82, 2.24) is 5.32 Å². The lowest BCUT2D eigenvalue weighted by Gasteiger charge is -2.20. The summed E-state index contributed by atoms with van der Waals surface area (Å²) < 4.78 is 5.38. The number of carbonyl (C=O) groups excluding carboxylic acids is 1. The van der Waals surface area contributed by atoms with E-state index in [9.17, 15) is 4.79 Å². The topological polar surface area (TPSA) is 64.3 Å². The molecule has 24 heavy (non-hydrogen) atoms. The van der Waals surface area contributed by atoms with Crippen LogP contribution in [0, 0.1) is 13.8 Å². The summed E-state index contributed by atoms with van der Waals surface area (Å²) in [5.41, 5.74) is 10.1. The van der Waals surface area contributed by atoms with Gasteiger partial charge in [0.05, 0.1) is 13.2 Å². The highest BCUT2D eigenvalue weighted by atomic mass is 35.5. The second-order valence-electron chi connectivity index (χ2n) is 5.86. The number of aryl methyl sites for hydroxylation is 2. The van der Waals surface area contributed by atoms with E-state index in [2.05, 4.69) is 5.32 Å². The highest BCUT2D eigenvalue weighted by Crippen LogP contribution is 2.26. The molecule has 0 aliphatic carbocycles. The zero-order valence-corrected chi connectivity index (χ0v) is 15.3. The number of halogens is 1. The van der Waals surface area contributed by atoms with Gasteiger partial charge in [-0.2, -0.15) is 0 Å². The number of rotatable bonds is 5. The molecular weight excluding hydrogens is 324 g/mol. The molecule has 5 heteroatoms. The van der Waals surface area contributed by atoms with Crippen molar-refractivity contribution in [3.8, 4) is 5.75 Å². The SMILES string of the molecule is COc1ccc(C)cc1C(C)NC(=O)C(N)c1ccc(C)cc1.Cl. The smallest absolute Gasteiger partial charge is 0.241 e. The van der Waals surface area contributed by atoms with Crippen molar-refractivity contribution in [2.24, 2.45) is 5.73 Å². The lowest BCUT2D eigenvalue weighted by Crippen LogP contribution is -2.35. The average molecular weight is 349 g/mol. The van der Waals surface area contributed by atoms with Crippen LogP contribution in [0.1, 0.15) is 41.3 Å². The highest BCUT2D eigenvalue weighted by molar-refractivity contribution is 5.85. The van der Waals surface area contributed by atoms with E-state index in [0.29, 0.717) is 0 Å². The zero-order valence-electron chi connectivity index (χ0n) is 14.5. The van der Waals surface area contributed by atoms with Crippen LogP contribution in [0.4, 0.5) is 0 Å². The van der Waals surface area contributed by atoms with E-state index in [1.807, 2.05) is 63.2 Å². The number of carbonyl (C=O) groups is 1. The Morgan fingerprint density at radius 1 is 1.08 bits per heavy atom. The molecule has 0 aliphatic heterocycles. The predicted molar refractivity (Wildman–Crippen MR) is 99.6 cm³/mol. The van der Waals surface area contributed by atoms with E-state index in [0.717, 1.165) is 28.0 Å². The summed E-state index contributed by atoms with van der Waals surface area (Å²) in [6, 6.07) is 12.7. The van der Waals surface area contributed by atoms with Crippen molar-refractivity contribution in [1.29, 1.82) is 0 Å². The van der Waals surface area contributed by atoms with Crippen molar-refractivity contribution in [3.05, 3.63) is 64.7 Å². The van der Waals surface area contributed by atoms with Crippen molar-refractivity contribution < 1.29 is 9.53 Å². The van der Waals surface area contributed by atoms with Gasteiger partial charge in [-0.1, -0.05) is 47.5 Å². The summed E-state index contributed by atoms with van der Waals surface area (Å²) >= 11 is 0. The minimum Gasteiger partial charge on any atom is -0.496 e. The van der Waals surface area contributed by atoms with Gasteiger partial charge in [-0.15, -0.1) is 12.4 Å². The van der Waals surface area contributed by atoms with Gasteiger partial charge in [0.2, 0.25) is 5.91 Å². The molecule has 2 aromatic rings. The van der Waals surface area contributed by atoms with Crippen LogP contribution in [0.3, 0.4) is 0 Å². The van der Waals surface area contributed by atoms with Crippen LogP contribution in [0.5, 0.6) is 5.75 Å². The Kier molecular flexibility index (Phi) is 7.26. The highest BCUT2D eigenvalue weighted by Gasteiger charge is 2.20. The summed E-state index contributed by atoms with van der Waals surface area (Å²) in [6.45, 7) is 5.94. The first-order valence-electron chi connectivity index (χ1n) is 7.69. The zero-order chi connectivity index (χ0) is 17.0. The Labute approximate surface area is 149 Å². The molecular formula is C19H25ClN2O2. The first-order valence-corrected chi connectivity index (χ1v) is 7.69. The Balaban J connectivity index is 0.00000288. The fourth-order valence-electron chi connectivity index (χ4n) is 2.50. The molecule has 0 aromatic heterocycles. The van der Waals surface area contributed by atoms with Crippen LogP contribution >= 0.6 is 12.4 Å². The maximum absolute atomic E-state index is 12.4. The Morgan fingerprint density at radius 3 is 2.25 bits per heavy atom. The molecule has 130 valence electrons. The lowest BCUT2D eigenvalue weighted by molar-refractivity contribution is -0.123. The van der Waals surface area contributed by atoms with Crippen molar-refractivity contribution >= 4 is 18.3 Å². The molecule has 0 aliphatic rings. The maximum atomic E-state index is 12.4. The molecule has 2 rings (SSSR count). The molecule has 2 atom stereocenters. The fourth-order valence-corrected chi connectivity index (χ4v) is 2.50. The molecule has 2 unspecified atom stereocenters. The van der Waals surface area contributed by atoms with Crippen LogP contribution in [-0.2, 0) is 4.79 Å². The average Bonchev–Trinajstić information content (AvgIpc) is 2.54. The Hall–Kier alpha value is -2.04. The van der Waals surface area contributed by atoms with Crippen molar-refractivity contribution in [2.75, 3.05) is 7.11 Å². The monoisotopic (exact) mass is 348 g/mol. The third-order valence-corrected chi connectivity index (χ3v) is 3.93. The molecule has 2 aromatic carbocycles. The number of methoxy groups -OCH3 is 1. The second-order valence-corrected chi connectivity index (χ2v) is 5.86. The Morgan fingerprint density at radius 2 is 1.67 bits per heavy atom. The number of hydrogen-bond acceptors (Lipinski definition) is 3. The number of benzene rings is 2. The van der Waals surface area contributed by atoms with E-state index in [-0.39, 0.29) is 24.4 Å². The van der Waals surface area contributed by atoms with Gasteiger partial charge in [-0.25, -0.2) is 0 Å². The van der Waals surface area contributed by atoms with E-state index >= 15 is 0 Å². The van der Waals surface area contributed by atoms with Gasteiger partial charge in [0.25, 0.3) is 0 Å². The summed E-state index contributed by atoms with van der Waals surface area (Å²) in [5.74, 6) is 0.553. The normalized spacial score (nSPS) is 12.7. The predicted octanol–water partition coefficient (Wildman–Crippen LogP) is 3.61. The molecule has 4 nitrogen and oxygen atoms in total. The lowest BCUT2D eigenvalue weighted by atomic mass is 10.0. The van der Waals surface area contributed by atoms with Gasteiger partial charge < -0.3 is 15.8 Å². The first-order chi connectivity index (χ1) is 10.9. The minimum absolute atomic E-state index is 0. The van der Waals surface area contributed by atoms with E-state index in [1.165, 1.54) is 0 Å². The number of ether oxygens (including phenoxy) is 1. The molecule has 0 bridgehead atoms. The van der Waals surface area contributed by atoms with Crippen LogP contribution in [0.25, 0.3) is 0 Å². The molecule has 0 fully saturated rings. The van der Waals surface area contributed by atoms with Gasteiger partial charge in [0.15, 0.2) is 0 Å². The number of nitrogens with two attached hydrogens (primary N) is 1. The molecule has 0 saturated carbocycles. The van der Waals surface area contributed by atoms with E-state index in [1.54, 1.807) is 7.11 Å². The van der Waals surface area contributed by atoms with E-state index in [4.69, 9.17) is 10.5 Å². The van der Waals surface area contributed by atoms with Crippen LogP contribution in [0.2, 0.25) is 0 Å². The standard InChI is InChI=1S/C19H24N2O2.ClH/c1-12-5-8-15(9-6-12)18(20)19(22)21-14(3)16-11-13(2)7-10-17(16)23-4;/h5-11,14,18H,20H2,1-4H3,(H,21,22);1H. The maximum Gasteiger partial charge on any atom is 0.241 e. The number of nitrogens with one attached hydrogen (secondary N) is 1. The minimum atomic E-state index is -0.686. The van der Waals surface area contributed by atoms with Gasteiger partial charge in [0.1, 0.15) is 11.8 Å². The third-order valence-electron chi connectivity index (χ3n) is 3.93. The van der Waals surface area contributed by atoms with Crippen molar-refractivity contribution in [2.45, 2.75) is 32.9 Å². The second kappa shape index (κ2) is 8.71.